The van der Waals surface area contributed by atoms with E-state index in [2.05, 4.69) is 4.98 Å². The second kappa shape index (κ2) is 8.23. The predicted octanol–water partition coefficient (Wildman–Crippen LogP) is 5.43. The van der Waals surface area contributed by atoms with E-state index in [0.29, 0.717) is 18.6 Å². The van der Waals surface area contributed by atoms with Crippen molar-refractivity contribution in [1.82, 2.24) is 4.98 Å². The van der Waals surface area contributed by atoms with Gasteiger partial charge in [0.05, 0.1) is 15.8 Å². The van der Waals surface area contributed by atoms with Crippen LogP contribution < -0.4 is 4.74 Å². The van der Waals surface area contributed by atoms with Gasteiger partial charge in [-0.05, 0) is 42.7 Å². The van der Waals surface area contributed by atoms with Gasteiger partial charge in [-0.15, -0.1) is 11.3 Å². The first kappa shape index (κ1) is 18.2. The lowest BCUT2D eigenvalue weighted by atomic mass is 10.1. The summed E-state index contributed by atoms with van der Waals surface area (Å²) in [5.41, 5.74) is 2.84. The quantitative estimate of drug-likeness (QED) is 0.458. The molecule has 0 radical (unpaired) electrons. The molecule has 0 aliphatic heterocycles. The average Bonchev–Trinajstić information content (AvgIpc) is 3.16. The first-order chi connectivity index (χ1) is 13.7. The van der Waals surface area contributed by atoms with Gasteiger partial charge < -0.3 is 9.84 Å². The van der Waals surface area contributed by atoms with Crippen molar-refractivity contribution in [2.24, 2.45) is 0 Å². The van der Waals surface area contributed by atoms with Crippen molar-refractivity contribution < 1.29 is 14.6 Å². The molecule has 140 valence electrons. The lowest BCUT2D eigenvalue weighted by molar-refractivity contribution is -0.145. The smallest absolute Gasteiger partial charge is 0.344 e. The summed E-state index contributed by atoms with van der Waals surface area (Å²) in [5, 5.41) is 10.5. The molecule has 4 aromatic rings. The molecule has 0 fully saturated rings. The van der Waals surface area contributed by atoms with E-state index in [9.17, 15) is 9.90 Å². The molecule has 0 bridgehead atoms. The summed E-state index contributed by atoms with van der Waals surface area (Å²) in [6, 6.07) is 25.3. The van der Waals surface area contributed by atoms with Crippen LogP contribution >= 0.6 is 11.3 Å². The summed E-state index contributed by atoms with van der Waals surface area (Å²) < 4.78 is 7.04. The van der Waals surface area contributed by atoms with Gasteiger partial charge in [0.25, 0.3) is 0 Å². The van der Waals surface area contributed by atoms with Gasteiger partial charge in [0, 0.05) is 0 Å². The zero-order valence-electron chi connectivity index (χ0n) is 15.1. The fraction of sp³-hybridized carbons (Fsp3) is 0.130. The number of hydrogen-bond acceptors (Lipinski definition) is 4. The van der Waals surface area contributed by atoms with Gasteiger partial charge in [0.15, 0.2) is 6.10 Å². The third kappa shape index (κ3) is 4.05. The van der Waals surface area contributed by atoms with Crippen LogP contribution in [-0.4, -0.2) is 22.2 Å². The highest BCUT2D eigenvalue weighted by atomic mass is 32.1. The molecular weight excluding hydrogens is 370 g/mol. The van der Waals surface area contributed by atoms with Crippen LogP contribution in [0.25, 0.3) is 20.8 Å². The van der Waals surface area contributed by atoms with E-state index >= 15 is 0 Å². The van der Waals surface area contributed by atoms with Crippen LogP contribution in [0.2, 0.25) is 0 Å². The zero-order valence-corrected chi connectivity index (χ0v) is 15.9. The summed E-state index contributed by atoms with van der Waals surface area (Å²) in [6.45, 7) is 0. The van der Waals surface area contributed by atoms with E-state index < -0.39 is 12.1 Å². The third-order valence-electron chi connectivity index (χ3n) is 4.49. The molecule has 0 amide bonds. The number of aromatic nitrogens is 1. The van der Waals surface area contributed by atoms with Crippen LogP contribution in [0.5, 0.6) is 5.75 Å². The Morgan fingerprint density at radius 3 is 2.46 bits per heavy atom. The van der Waals surface area contributed by atoms with Gasteiger partial charge in [-0.25, -0.2) is 9.78 Å². The highest BCUT2D eigenvalue weighted by Gasteiger charge is 2.21. The molecule has 4 nitrogen and oxygen atoms in total. The minimum Gasteiger partial charge on any atom is -0.479 e. The largest absolute Gasteiger partial charge is 0.479 e. The highest BCUT2D eigenvalue weighted by Crippen LogP contribution is 2.36. The Labute approximate surface area is 167 Å². The number of rotatable bonds is 7. The maximum absolute atomic E-state index is 11.8. The number of ether oxygens (including phenoxy) is 1. The van der Waals surface area contributed by atoms with Gasteiger partial charge in [-0.2, -0.15) is 0 Å². The molecule has 3 aromatic carbocycles. The zero-order chi connectivity index (χ0) is 19.3. The van der Waals surface area contributed by atoms with E-state index in [1.54, 1.807) is 17.4 Å². The molecule has 28 heavy (non-hydrogen) atoms. The van der Waals surface area contributed by atoms with E-state index in [4.69, 9.17) is 4.74 Å². The molecule has 0 spiro atoms. The molecular formula is C23H19NO3S. The molecule has 0 saturated carbocycles. The van der Waals surface area contributed by atoms with Crippen LogP contribution in [0.4, 0.5) is 0 Å². The lowest BCUT2D eigenvalue weighted by Crippen LogP contribution is -2.27. The van der Waals surface area contributed by atoms with Gasteiger partial charge >= 0.3 is 5.97 Å². The number of hydrogen-bond donors (Lipinski definition) is 1. The highest BCUT2D eigenvalue weighted by molar-refractivity contribution is 7.21. The average molecular weight is 389 g/mol. The van der Waals surface area contributed by atoms with E-state index in [1.165, 1.54) is 0 Å². The Bertz CT molecular complexity index is 1060. The van der Waals surface area contributed by atoms with Gasteiger partial charge in [-0.1, -0.05) is 54.6 Å². The first-order valence-electron chi connectivity index (χ1n) is 9.09. The molecule has 0 aliphatic carbocycles. The monoisotopic (exact) mass is 389 g/mol. The second-order valence-corrected chi connectivity index (χ2v) is 7.48. The number of carboxylic acids is 1. The number of para-hydroxylation sites is 2. The number of fused-ring (bicyclic) bond motifs is 1. The van der Waals surface area contributed by atoms with Crippen molar-refractivity contribution in [2.45, 2.75) is 18.9 Å². The number of carbonyl (C=O) groups is 1. The summed E-state index contributed by atoms with van der Waals surface area (Å²) in [7, 11) is 0. The molecule has 0 saturated heterocycles. The molecule has 0 aliphatic rings. The second-order valence-electron chi connectivity index (χ2n) is 6.45. The van der Waals surface area contributed by atoms with E-state index in [0.717, 1.165) is 26.4 Å². The summed E-state index contributed by atoms with van der Waals surface area (Å²) in [4.78, 5) is 16.5. The molecule has 5 heteroatoms. The minimum absolute atomic E-state index is 0.396. The van der Waals surface area contributed by atoms with Crippen molar-refractivity contribution in [3.63, 3.8) is 0 Å². The Hall–Kier alpha value is -3.18. The lowest BCUT2D eigenvalue weighted by Gasteiger charge is -2.17. The molecule has 4 rings (SSSR count). The van der Waals surface area contributed by atoms with Crippen molar-refractivity contribution >= 4 is 27.5 Å². The van der Waals surface area contributed by atoms with Gasteiger partial charge in [-0.3, -0.25) is 0 Å². The Balaban J connectivity index is 1.58. The van der Waals surface area contributed by atoms with Crippen LogP contribution in [0, 0.1) is 0 Å². The fourth-order valence-corrected chi connectivity index (χ4v) is 4.06. The first-order valence-corrected chi connectivity index (χ1v) is 9.91. The van der Waals surface area contributed by atoms with Crippen molar-refractivity contribution in [1.29, 1.82) is 0 Å². The SMILES string of the molecule is O=C(O)C(CCc1ccccc1)Oc1ccccc1-c1nc2ccccc2s1. The normalized spacial score (nSPS) is 12.0. The van der Waals surface area contributed by atoms with Gasteiger partial charge in [0.1, 0.15) is 10.8 Å². The fourth-order valence-electron chi connectivity index (χ4n) is 3.06. The summed E-state index contributed by atoms with van der Waals surface area (Å²) >= 11 is 1.57. The summed E-state index contributed by atoms with van der Waals surface area (Å²) in [5.74, 6) is -0.419. The Kier molecular flexibility index (Phi) is 5.35. The maximum Gasteiger partial charge on any atom is 0.344 e. The number of aliphatic carboxylic acids is 1. The third-order valence-corrected chi connectivity index (χ3v) is 5.56. The van der Waals surface area contributed by atoms with Crippen LogP contribution in [0.15, 0.2) is 78.9 Å². The molecule has 1 N–H and O–H groups in total. The molecule has 1 unspecified atom stereocenters. The van der Waals surface area contributed by atoms with E-state index in [1.807, 2.05) is 72.8 Å². The van der Waals surface area contributed by atoms with Crippen molar-refractivity contribution in [3.8, 4) is 16.3 Å². The van der Waals surface area contributed by atoms with Gasteiger partial charge in [0.2, 0.25) is 0 Å². The van der Waals surface area contributed by atoms with E-state index in [-0.39, 0.29) is 0 Å². The maximum atomic E-state index is 11.8. The van der Waals surface area contributed by atoms with Crippen LogP contribution in [0.3, 0.4) is 0 Å². The topological polar surface area (TPSA) is 59.4 Å². The molecule has 1 heterocycles. The van der Waals surface area contributed by atoms with Crippen molar-refractivity contribution in [2.75, 3.05) is 0 Å². The predicted molar refractivity (Wildman–Crippen MR) is 112 cm³/mol. The van der Waals surface area contributed by atoms with Crippen LogP contribution in [0.1, 0.15) is 12.0 Å². The number of benzene rings is 3. The standard InChI is InChI=1S/C23H19NO3S/c25-23(26)20(15-14-16-8-2-1-3-9-16)27-19-12-6-4-10-17(19)22-24-18-11-5-7-13-21(18)28-22/h1-13,20H,14-15H2,(H,25,26). The summed E-state index contributed by atoms with van der Waals surface area (Å²) in [6.07, 6.45) is 0.116. The molecule has 1 atom stereocenters. The van der Waals surface area contributed by atoms with Crippen LogP contribution in [-0.2, 0) is 11.2 Å². The Morgan fingerprint density at radius 1 is 0.964 bits per heavy atom. The minimum atomic E-state index is -0.963. The molecule has 1 aromatic heterocycles. The number of thiazole rings is 1. The van der Waals surface area contributed by atoms with Crippen molar-refractivity contribution in [3.05, 3.63) is 84.4 Å². The number of carboxylic acid groups (broad SMARTS) is 1. The Morgan fingerprint density at radius 2 is 1.68 bits per heavy atom. The number of aryl methyl sites for hydroxylation is 1. The number of nitrogens with zero attached hydrogens (tertiary/aromatic N) is 1.